The van der Waals surface area contributed by atoms with Gasteiger partial charge in [-0.15, -0.1) is 11.3 Å². The van der Waals surface area contributed by atoms with Gasteiger partial charge in [0, 0.05) is 11.1 Å². The molecule has 1 N–H and O–H groups in total. The molecule has 10 heteroatoms. The number of thiophene rings is 1. The van der Waals surface area contributed by atoms with E-state index in [1.165, 1.54) is 11.3 Å². The number of halogens is 3. The van der Waals surface area contributed by atoms with Crippen LogP contribution in [0.15, 0.2) is 53.7 Å². The first-order chi connectivity index (χ1) is 13.1. The van der Waals surface area contributed by atoms with Crippen LogP contribution < -0.4 is 4.72 Å². The second kappa shape index (κ2) is 7.26. The molecule has 0 bridgehead atoms. The zero-order valence-corrected chi connectivity index (χ0v) is 15.9. The minimum Gasteiger partial charge on any atom is -0.278 e. The maximum absolute atomic E-state index is 12.6. The fourth-order valence-corrected chi connectivity index (χ4v) is 4.19. The zero-order valence-electron chi connectivity index (χ0n) is 14.3. The van der Waals surface area contributed by atoms with Crippen molar-refractivity contribution < 1.29 is 21.6 Å². The van der Waals surface area contributed by atoms with Crippen LogP contribution in [0, 0.1) is 18.3 Å². The first-order valence-corrected chi connectivity index (χ1v) is 10.1. The van der Waals surface area contributed by atoms with E-state index in [0.29, 0.717) is 28.3 Å². The van der Waals surface area contributed by atoms with Gasteiger partial charge in [0.15, 0.2) is 5.03 Å². The summed E-state index contributed by atoms with van der Waals surface area (Å²) in [7, 11) is -4.17. The van der Waals surface area contributed by atoms with E-state index in [-0.39, 0.29) is 5.69 Å². The molecule has 2 heterocycles. The van der Waals surface area contributed by atoms with Crippen molar-refractivity contribution in [2.45, 2.75) is 18.1 Å². The molecule has 0 radical (unpaired) electrons. The third-order valence-electron chi connectivity index (χ3n) is 3.82. The largest absolute Gasteiger partial charge is 0.417 e. The molecule has 3 aromatic rings. The van der Waals surface area contributed by atoms with Crippen molar-refractivity contribution in [1.82, 2.24) is 4.98 Å². The Kier molecular flexibility index (Phi) is 5.14. The number of nitrogens with one attached hydrogen (secondary N) is 1. The summed E-state index contributed by atoms with van der Waals surface area (Å²) in [4.78, 5) is 4.74. The lowest BCUT2D eigenvalue weighted by Crippen LogP contribution is -2.16. The Morgan fingerprint density at radius 1 is 1.14 bits per heavy atom. The van der Waals surface area contributed by atoms with Gasteiger partial charge in [0.25, 0.3) is 10.0 Å². The number of benzene rings is 1. The minimum atomic E-state index is -4.60. The van der Waals surface area contributed by atoms with Gasteiger partial charge in [0.05, 0.1) is 11.3 Å². The highest BCUT2D eigenvalue weighted by Gasteiger charge is 2.31. The minimum absolute atomic E-state index is 0.270. The van der Waals surface area contributed by atoms with Gasteiger partial charge in [0.1, 0.15) is 10.9 Å². The molecule has 0 atom stereocenters. The molecule has 0 aliphatic carbocycles. The van der Waals surface area contributed by atoms with Crippen molar-refractivity contribution in [1.29, 1.82) is 5.26 Å². The fourth-order valence-electron chi connectivity index (χ4n) is 2.34. The number of rotatable bonds is 4. The quantitative estimate of drug-likeness (QED) is 0.653. The summed E-state index contributed by atoms with van der Waals surface area (Å²) in [5.41, 5.74) is 0.563. The van der Waals surface area contributed by atoms with E-state index >= 15 is 0 Å². The number of nitrogens with zero attached hydrogens (tertiary/aromatic N) is 2. The first kappa shape index (κ1) is 19.9. The highest BCUT2D eigenvalue weighted by molar-refractivity contribution is 7.92. The third kappa shape index (κ3) is 4.16. The Labute approximate surface area is 163 Å². The predicted molar refractivity (Wildman–Crippen MR) is 99.3 cm³/mol. The summed E-state index contributed by atoms with van der Waals surface area (Å²) in [5, 5.41) is 8.42. The molecule has 1 aromatic carbocycles. The van der Waals surface area contributed by atoms with Crippen molar-refractivity contribution in [3.8, 4) is 16.5 Å². The Balaban J connectivity index is 1.92. The van der Waals surface area contributed by atoms with Gasteiger partial charge in [-0.3, -0.25) is 4.72 Å². The average Bonchev–Trinajstić information content (AvgIpc) is 3.12. The molecule has 5 nitrogen and oxygen atoms in total. The van der Waals surface area contributed by atoms with Gasteiger partial charge in [-0.25, -0.2) is 4.98 Å². The highest BCUT2D eigenvalue weighted by Crippen LogP contribution is 2.32. The summed E-state index contributed by atoms with van der Waals surface area (Å²) in [6, 6.07) is 12.0. The number of hydrogen-bond acceptors (Lipinski definition) is 5. The van der Waals surface area contributed by atoms with Gasteiger partial charge in [-0.2, -0.15) is 26.9 Å². The number of alkyl halides is 3. The van der Waals surface area contributed by atoms with Gasteiger partial charge in [-0.1, -0.05) is 12.1 Å². The third-order valence-corrected chi connectivity index (χ3v) is 6.14. The summed E-state index contributed by atoms with van der Waals surface area (Å²) < 4.78 is 65.3. The van der Waals surface area contributed by atoms with Gasteiger partial charge in [0.2, 0.25) is 0 Å². The van der Waals surface area contributed by atoms with Gasteiger partial charge < -0.3 is 0 Å². The summed E-state index contributed by atoms with van der Waals surface area (Å²) in [5.74, 6) is 0. The maximum atomic E-state index is 12.6. The number of anilines is 1. The summed E-state index contributed by atoms with van der Waals surface area (Å²) in [6.45, 7) is 1.69. The number of aromatic nitrogens is 1. The van der Waals surface area contributed by atoms with Crippen LogP contribution in [0.5, 0.6) is 0 Å². The van der Waals surface area contributed by atoms with Crippen LogP contribution in [0.1, 0.15) is 16.0 Å². The van der Waals surface area contributed by atoms with E-state index in [1.807, 2.05) is 6.07 Å². The molecule has 0 aliphatic heterocycles. The van der Waals surface area contributed by atoms with Crippen LogP contribution in [0.2, 0.25) is 0 Å². The molecule has 3 rings (SSSR count). The van der Waals surface area contributed by atoms with Gasteiger partial charge in [-0.05, 0) is 48.4 Å². The monoisotopic (exact) mass is 423 g/mol. The number of nitriles is 1. The Morgan fingerprint density at radius 3 is 2.46 bits per heavy atom. The van der Waals surface area contributed by atoms with E-state index in [1.54, 1.807) is 37.3 Å². The lowest BCUT2D eigenvalue weighted by atomic mass is 10.1. The van der Waals surface area contributed by atoms with Crippen LogP contribution in [-0.2, 0) is 16.2 Å². The standard InChI is InChI=1S/C18H12F3N3O2S2/c1-11-2-3-12(16-6-5-14(9-22)27-16)8-15(11)24-28(25,26)17-7-4-13(10-23-17)18(19,20)21/h2-8,10,24H,1H3. The fraction of sp³-hybridized carbons (Fsp3) is 0.111. The number of sulfonamides is 1. The Bertz CT molecular complexity index is 1160. The number of hydrogen-bond donors (Lipinski definition) is 1. The summed E-state index contributed by atoms with van der Waals surface area (Å²) in [6.07, 6.45) is -4.12. The molecule has 0 saturated heterocycles. The van der Waals surface area contributed by atoms with Gasteiger partial charge >= 0.3 is 6.18 Å². The topological polar surface area (TPSA) is 82.9 Å². The SMILES string of the molecule is Cc1ccc(-c2ccc(C#N)s2)cc1NS(=O)(=O)c1ccc(C(F)(F)F)cn1. The van der Waals surface area contributed by atoms with E-state index in [9.17, 15) is 21.6 Å². The second-order valence-electron chi connectivity index (χ2n) is 5.79. The molecule has 0 saturated carbocycles. The van der Waals surface area contributed by atoms with Crippen LogP contribution >= 0.6 is 11.3 Å². The second-order valence-corrected chi connectivity index (χ2v) is 8.51. The van der Waals surface area contributed by atoms with E-state index in [0.717, 1.165) is 10.9 Å². The smallest absolute Gasteiger partial charge is 0.278 e. The van der Waals surface area contributed by atoms with Crippen LogP contribution in [-0.4, -0.2) is 13.4 Å². The highest BCUT2D eigenvalue weighted by atomic mass is 32.2. The molecule has 28 heavy (non-hydrogen) atoms. The molecule has 144 valence electrons. The Morgan fingerprint density at radius 2 is 1.89 bits per heavy atom. The lowest BCUT2D eigenvalue weighted by Gasteiger charge is -2.12. The van der Waals surface area contributed by atoms with E-state index in [2.05, 4.69) is 9.71 Å². The molecule has 0 aliphatic rings. The Hall–Kier alpha value is -2.90. The van der Waals surface area contributed by atoms with Crippen molar-refractivity contribution in [2.75, 3.05) is 4.72 Å². The molecule has 0 amide bonds. The average molecular weight is 423 g/mol. The maximum Gasteiger partial charge on any atom is 0.417 e. The zero-order chi connectivity index (χ0) is 20.5. The molecular weight excluding hydrogens is 411 g/mol. The normalized spacial score (nSPS) is 11.8. The van der Waals surface area contributed by atoms with Crippen molar-refractivity contribution in [2.24, 2.45) is 0 Å². The molecular formula is C18H12F3N3O2S2. The first-order valence-electron chi connectivity index (χ1n) is 7.77. The van der Waals surface area contributed by atoms with Crippen molar-refractivity contribution >= 4 is 27.0 Å². The van der Waals surface area contributed by atoms with E-state index < -0.39 is 26.8 Å². The summed E-state index contributed by atoms with van der Waals surface area (Å²) >= 11 is 1.26. The molecule has 0 unspecified atom stereocenters. The molecule has 0 spiro atoms. The predicted octanol–water partition coefficient (Wildman–Crippen LogP) is 4.81. The van der Waals surface area contributed by atoms with E-state index in [4.69, 9.17) is 5.26 Å². The van der Waals surface area contributed by atoms with Crippen LogP contribution in [0.4, 0.5) is 18.9 Å². The number of pyridine rings is 1. The number of aryl methyl sites for hydroxylation is 1. The molecule has 2 aromatic heterocycles. The van der Waals surface area contributed by atoms with Crippen molar-refractivity contribution in [3.63, 3.8) is 0 Å². The van der Waals surface area contributed by atoms with Crippen LogP contribution in [0.3, 0.4) is 0 Å². The van der Waals surface area contributed by atoms with Crippen molar-refractivity contribution in [3.05, 3.63) is 64.7 Å². The molecule has 0 fully saturated rings. The lowest BCUT2D eigenvalue weighted by molar-refractivity contribution is -0.137. The van der Waals surface area contributed by atoms with Crippen LogP contribution in [0.25, 0.3) is 10.4 Å².